The summed E-state index contributed by atoms with van der Waals surface area (Å²) in [6.07, 6.45) is 6.64. The standard InChI is InChI=1S/C28H28N8O2/c1-4-26(37)35-13-11-34(12-14-35)24-9-10-36-27(24)28(29-17-31-36)32-20-5-8-25(19(2)15-20)38-21-6-7-23-22(16-21)30-18-33(23)3/h4-10,15-18H,1,11-14H2,2-3H3,(H,29,31,32). The predicted octanol–water partition coefficient (Wildman–Crippen LogP) is 4.29. The lowest BCUT2D eigenvalue weighted by Crippen LogP contribution is -2.48. The van der Waals surface area contributed by atoms with Crippen molar-refractivity contribution in [1.29, 1.82) is 0 Å². The Hall–Kier alpha value is -4.86. The molecule has 1 aliphatic heterocycles. The molecule has 1 fully saturated rings. The van der Waals surface area contributed by atoms with E-state index in [1.165, 1.54) is 12.4 Å². The van der Waals surface area contributed by atoms with Gasteiger partial charge in [0.1, 0.15) is 23.3 Å². The molecule has 4 heterocycles. The van der Waals surface area contributed by atoms with Gasteiger partial charge in [0.15, 0.2) is 5.82 Å². The fraction of sp³-hybridized carbons (Fsp3) is 0.214. The van der Waals surface area contributed by atoms with Gasteiger partial charge in [0.25, 0.3) is 0 Å². The largest absolute Gasteiger partial charge is 0.457 e. The maximum absolute atomic E-state index is 12.0. The first-order chi connectivity index (χ1) is 18.5. The number of nitrogens with one attached hydrogen (secondary N) is 1. The number of nitrogens with zero attached hydrogens (tertiary/aromatic N) is 7. The minimum absolute atomic E-state index is 0.0304. The maximum Gasteiger partial charge on any atom is 0.246 e. The summed E-state index contributed by atoms with van der Waals surface area (Å²) < 4.78 is 9.98. The number of ether oxygens (including phenoxy) is 1. The van der Waals surface area contributed by atoms with Crippen LogP contribution in [0.15, 0.2) is 74.0 Å². The van der Waals surface area contributed by atoms with E-state index in [0.29, 0.717) is 18.9 Å². The highest BCUT2D eigenvalue weighted by Crippen LogP contribution is 2.33. The van der Waals surface area contributed by atoms with Crippen molar-refractivity contribution >= 4 is 39.6 Å². The fourth-order valence-corrected chi connectivity index (χ4v) is 4.87. The van der Waals surface area contributed by atoms with E-state index in [4.69, 9.17) is 4.74 Å². The van der Waals surface area contributed by atoms with Gasteiger partial charge in [-0.05, 0) is 55.0 Å². The van der Waals surface area contributed by atoms with Crippen LogP contribution in [0.25, 0.3) is 16.6 Å². The van der Waals surface area contributed by atoms with Crippen LogP contribution in [0.4, 0.5) is 17.2 Å². The van der Waals surface area contributed by atoms with E-state index in [2.05, 4.69) is 31.9 Å². The van der Waals surface area contributed by atoms with Gasteiger partial charge in [0.2, 0.25) is 5.91 Å². The molecule has 0 atom stereocenters. The lowest BCUT2D eigenvalue weighted by molar-refractivity contribution is -0.126. The number of fused-ring (bicyclic) bond motifs is 2. The molecule has 0 unspecified atom stereocenters. The third kappa shape index (κ3) is 4.30. The molecule has 0 aliphatic carbocycles. The summed E-state index contributed by atoms with van der Waals surface area (Å²) >= 11 is 0. The Morgan fingerprint density at radius 1 is 1.08 bits per heavy atom. The van der Waals surface area contributed by atoms with Crippen LogP contribution >= 0.6 is 0 Å². The third-order valence-corrected chi connectivity index (χ3v) is 6.90. The normalized spacial score (nSPS) is 13.7. The molecule has 1 N–H and O–H groups in total. The van der Waals surface area contributed by atoms with E-state index in [1.807, 2.05) is 76.6 Å². The fourth-order valence-electron chi connectivity index (χ4n) is 4.87. The van der Waals surface area contributed by atoms with Crippen LogP contribution in [-0.4, -0.2) is 61.1 Å². The van der Waals surface area contributed by atoms with Crippen molar-refractivity contribution in [3.05, 3.63) is 79.5 Å². The lowest BCUT2D eigenvalue weighted by Gasteiger charge is -2.35. The van der Waals surface area contributed by atoms with Gasteiger partial charge >= 0.3 is 0 Å². The number of rotatable bonds is 6. The van der Waals surface area contributed by atoms with Crippen LogP contribution in [0.1, 0.15) is 5.56 Å². The molecule has 0 radical (unpaired) electrons. The van der Waals surface area contributed by atoms with Crippen LogP contribution in [0.3, 0.4) is 0 Å². The number of hydrogen-bond acceptors (Lipinski definition) is 7. The molecule has 0 spiro atoms. The summed E-state index contributed by atoms with van der Waals surface area (Å²) in [7, 11) is 1.97. The maximum atomic E-state index is 12.0. The van der Waals surface area contributed by atoms with Gasteiger partial charge in [-0.1, -0.05) is 6.58 Å². The zero-order chi connectivity index (χ0) is 26.2. The molecule has 3 aromatic heterocycles. The van der Waals surface area contributed by atoms with Crippen LogP contribution in [0, 0.1) is 6.92 Å². The SMILES string of the molecule is C=CC(=O)N1CCN(c2ccn3ncnc(Nc4ccc(Oc5ccc6c(c5)ncn6C)c(C)c4)c23)CC1. The van der Waals surface area contributed by atoms with Crippen LogP contribution < -0.4 is 15.0 Å². The number of aromatic nitrogens is 5. The third-order valence-electron chi connectivity index (χ3n) is 6.90. The molecule has 1 amide bonds. The van der Waals surface area contributed by atoms with E-state index in [9.17, 15) is 4.79 Å². The van der Waals surface area contributed by atoms with Crippen molar-refractivity contribution in [2.75, 3.05) is 36.4 Å². The molecule has 10 heteroatoms. The molecule has 1 aliphatic rings. The molecular weight excluding hydrogens is 480 g/mol. The van der Waals surface area contributed by atoms with Crippen molar-refractivity contribution in [1.82, 2.24) is 29.0 Å². The molecule has 2 aromatic carbocycles. The Balaban J connectivity index is 1.22. The van der Waals surface area contributed by atoms with Crippen molar-refractivity contribution in [3.63, 3.8) is 0 Å². The second kappa shape index (κ2) is 9.55. The number of carbonyl (C=O) groups excluding carboxylic acids is 1. The number of benzene rings is 2. The molecule has 0 bridgehead atoms. The van der Waals surface area contributed by atoms with Gasteiger partial charge < -0.3 is 24.4 Å². The van der Waals surface area contributed by atoms with Gasteiger partial charge in [-0.15, -0.1) is 0 Å². The van der Waals surface area contributed by atoms with Crippen molar-refractivity contribution in [2.24, 2.45) is 7.05 Å². The molecular formula is C28H28N8O2. The second-order valence-electron chi connectivity index (χ2n) is 9.33. The minimum Gasteiger partial charge on any atom is -0.457 e. The predicted molar refractivity (Wildman–Crippen MR) is 147 cm³/mol. The van der Waals surface area contributed by atoms with Crippen LogP contribution in [-0.2, 0) is 11.8 Å². The van der Waals surface area contributed by atoms with Gasteiger partial charge in [0, 0.05) is 51.2 Å². The summed E-state index contributed by atoms with van der Waals surface area (Å²) in [5.41, 5.74) is 5.74. The zero-order valence-corrected chi connectivity index (χ0v) is 21.3. The number of piperazine rings is 1. The van der Waals surface area contributed by atoms with Crippen LogP contribution in [0.5, 0.6) is 11.5 Å². The average Bonchev–Trinajstić information content (AvgIpc) is 3.54. The van der Waals surface area contributed by atoms with Gasteiger partial charge in [-0.3, -0.25) is 4.79 Å². The number of aryl methyl sites for hydroxylation is 2. The topological polar surface area (TPSA) is 92.8 Å². The van der Waals surface area contributed by atoms with E-state index in [1.54, 1.807) is 6.33 Å². The smallest absolute Gasteiger partial charge is 0.246 e. The van der Waals surface area contributed by atoms with E-state index >= 15 is 0 Å². The number of imidazole rings is 1. The highest BCUT2D eigenvalue weighted by atomic mass is 16.5. The summed E-state index contributed by atoms with van der Waals surface area (Å²) in [6.45, 7) is 8.35. The Kier molecular flexibility index (Phi) is 5.91. The quantitative estimate of drug-likeness (QED) is 0.342. The van der Waals surface area contributed by atoms with Crippen molar-refractivity contribution in [2.45, 2.75) is 6.92 Å². The molecule has 10 nitrogen and oxygen atoms in total. The van der Waals surface area contributed by atoms with Gasteiger partial charge in [-0.25, -0.2) is 14.5 Å². The van der Waals surface area contributed by atoms with E-state index < -0.39 is 0 Å². The molecule has 38 heavy (non-hydrogen) atoms. The zero-order valence-electron chi connectivity index (χ0n) is 21.3. The second-order valence-corrected chi connectivity index (χ2v) is 9.33. The Bertz CT molecular complexity index is 1660. The molecule has 5 aromatic rings. The lowest BCUT2D eigenvalue weighted by atomic mass is 10.2. The Labute approximate surface area is 219 Å². The number of hydrogen-bond donors (Lipinski definition) is 1. The number of anilines is 3. The molecule has 0 saturated carbocycles. The molecule has 1 saturated heterocycles. The van der Waals surface area contributed by atoms with E-state index in [0.717, 1.165) is 58.1 Å². The Morgan fingerprint density at radius 2 is 1.92 bits per heavy atom. The first-order valence-electron chi connectivity index (χ1n) is 12.5. The highest BCUT2D eigenvalue weighted by molar-refractivity contribution is 5.88. The molecule has 192 valence electrons. The number of carbonyl (C=O) groups is 1. The van der Waals surface area contributed by atoms with Crippen LogP contribution in [0.2, 0.25) is 0 Å². The summed E-state index contributed by atoms with van der Waals surface area (Å²) in [5.74, 6) is 2.19. The summed E-state index contributed by atoms with van der Waals surface area (Å²) in [4.78, 5) is 25.0. The summed E-state index contributed by atoms with van der Waals surface area (Å²) in [6, 6.07) is 13.9. The first kappa shape index (κ1) is 23.5. The van der Waals surface area contributed by atoms with E-state index in [-0.39, 0.29) is 5.91 Å². The summed E-state index contributed by atoms with van der Waals surface area (Å²) in [5, 5.41) is 7.85. The average molecular weight is 509 g/mol. The first-order valence-corrected chi connectivity index (χ1v) is 12.5. The van der Waals surface area contributed by atoms with Crippen molar-refractivity contribution in [3.8, 4) is 11.5 Å². The van der Waals surface area contributed by atoms with Gasteiger partial charge in [-0.2, -0.15) is 5.10 Å². The van der Waals surface area contributed by atoms with Gasteiger partial charge in [0.05, 0.1) is 23.0 Å². The minimum atomic E-state index is -0.0304. The monoisotopic (exact) mass is 508 g/mol. The number of amides is 1. The molecule has 6 rings (SSSR count). The highest BCUT2D eigenvalue weighted by Gasteiger charge is 2.23. The Morgan fingerprint density at radius 3 is 2.71 bits per heavy atom. The van der Waals surface area contributed by atoms with Crippen molar-refractivity contribution < 1.29 is 9.53 Å².